The first-order chi connectivity index (χ1) is 18.5. The van der Waals surface area contributed by atoms with Gasteiger partial charge in [-0.1, -0.05) is 75.4 Å². The zero-order chi connectivity index (χ0) is 28.3. The zero-order valence-electron chi connectivity index (χ0n) is 23.7. The Labute approximate surface area is 231 Å². The lowest BCUT2D eigenvalue weighted by molar-refractivity contribution is -0.140. The summed E-state index contributed by atoms with van der Waals surface area (Å²) in [5.74, 6) is -0.768. The number of carbonyl (C=O) groups is 2. The molecule has 1 aliphatic heterocycles. The van der Waals surface area contributed by atoms with Gasteiger partial charge < -0.3 is 19.6 Å². The van der Waals surface area contributed by atoms with Gasteiger partial charge in [0.2, 0.25) is 0 Å². The molecule has 4 rings (SSSR count). The standard InChI is InChI=1S/C33H38N2O4/c1-22-20-26(39-21-23-10-8-7-9-11-23)16-17-27(22)30(36)28-29(24-12-14-25(15-13-24)33(2,3)4)35(19-18-34(5)6)32(38)31(28)37/h7-17,20,29,36H,18-19,21H2,1-6H3/b30-28+/t29-/m1/s1. The Bertz CT molecular complexity index is 1370. The molecule has 1 atom stereocenters. The maximum Gasteiger partial charge on any atom is 0.295 e. The normalized spacial score (nSPS) is 17.2. The smallest absolute Gasteiger partial charge is 0.295 e. The second-order valence-corrected chi connectivity index (χ2v) is 11.4. The number of nitrogens with zero attached hydrogens (tertiary/aromatic N) is 2. The van der Waals surface area contributed by atoms with Crippen molar-refractivity contribution in [1.29, 1.82) is 0 Å². The topological polar surface area (TPSA) is 70.1 Å². The molecular weight excluding hydrogens is 488 g/mol. The summed E-state index contributed by atoms with van der Waals surface area (Å²) in [5.41, 5.74) is 4.33. The number of likely N-dealkylation sites (tertiary alicyclic amines) is 1. The van der Waals surface area contributed by atoms with E-state index >= 15 is 0 Å². The molecule has 204 valence electrons. The number of ether oxygens (including phenoxy) is 1. The summed E-state index contributed by atoms with van der Waals surface area (Å²) in [7, 11) is 3.85. The van der Waals surface area contributed by atoms with Crippen LogP contribution in [0.3, 0.4) is 0 Å². The van der Waals surface area contributed by atoms with Crippen LogP contribution < -0.4 is 4.74 Å². The van der Waals surface area contributed by atoms with Gasteiger partial charge in [0, 0.05) is 18.7 Å². The minimum Gasteiger partial charge on any atom is -0.507 e. The molecule has 6 nitrogen and oxygen atoms in total. The number of rotatable bonds is 8. The Morgan fingerprint density at radius 1 is 0.974 bits per heavy atom. The molecule has 1 amide bonds. The monoisotopic (exact) mass is 526 g/mol. The molecule has 3 aromatic rings. The number of aliphatic hydroxyl groups is 1. The van der Waals surface area contributed by atoms with Crippen LogP contribution in [0.2, 0.25) is 0 Å². The number of Topliss-reactive ketones (excluding diaryl/α,β-unsaturated/α-hetero) is 1. The Morgan fingerprint density at radius 2 is 1.64 bits per heavy atom. The van der Waals surface area contributed by atoms with E-state index in [9.17, 15) is 14.7 Å². The molecule has 6 heteroatoms. The third-order valence-corrected chi connectivity index (χ3v) is 7.12. The molecule has 1 heterocycles. The molecule has 0 spiro atoms. The molecule has 3 aromatic carbocycles. The van der Waals surface area contributed by atoms with Gasteiger partial charge in [-0.15, -0.1) is 0 Å². The number of hydrogen-bond acceptors (Lipinski definition) is 5. The van der Waals surface area contributed by atoms with Crippen LogP contribution in [-0.2, 0) is 21.6 Å². The fourth-order valence-corrected chi connectivity index (χ4v) is 4.81. The average molecular weight is 527 g/mol. The minimum atomic E-state index is -0.674. The first-order valence-corrected chi connectivity index (χ1v) is 13.3. The first-order valence-electron chi connectivity index (χ1n) is 13.3. The minimum absolute atomic E-state index is 0.0350. The van der Waals surface area contributed by atoms with E-state index in [1.165, 1.54) is 0 Å². The quantitative estimate of drug-likeness (QED) is 0.226. The molecule has 1 fully saturated rings. The number of carbonyl (C=O) groups excluding carboxylic acids is 2. The van der Waals surface area contributed by atoms with E-state index in [1.54, 1.807) is 17.0 Å². The van der Waals surface area contributed by atoms with Crippen LogP contribution in [0.25, 0.3) is 5.76 Å². The number of amides is 1. The number of ketones is 1. The van der Waals surface area contributed by atoms with E-state index in [2.05, 4.69) is 20.8 Å². The van der Waals surface area contributed by atoms with E-state index in [0.717, 1.165) is 22.3 Å². The lowest BCUT2D eigenvalue weighted by atomic mass is 9.85. The third kappa shape index (κ3) is 6.23. The summed E-state index contributed by atoms with van der Waals surface area (Å²) in [4.78, 5) is 30.1. The number of aliphatic hydroxyl groups excluding tert-OH is 1. The van der Waals surface area contributed by atoms with E-state index in [-0.39, 0.29) is 16.7 Å². The van der Waals surface area contributed by atoms with Crippen LogP contribution in [0.5, 0.6) is 5.75 Å². The molecule has 0 aromatic heterocycles. The number of aryl methyl sites for hydroxylation is 1. The molecule has 0 saturated carbocycles. The van der Waals surface area contributed by atoms with Crippen molar-refractivity contribution in [3.63, 3.8) is 0 Å². The van der Waals surface area contributed by atoms with Crippen LogP contribution in [0.1, 0.15) is 54.6 Å². The fourth-order valence-electron chi connectivity index (χ4n) is 4.81. The Balaban J connectivity index is 1.72. The van der Waals surface area contributed by atoms with Crippen LogP contribution in [0.4, 0.5) is 0 Å². The predicted molar refractivity (Wildman–Crippen MR) is 155 cm³/mol. The predicted octanol–water partition coefficient (Wildman–Crippen LogP) is 5.85. The maximum absolute atomic E-state index is 13.4. The van der Waals surface area contributed by atoms with E-state index in [1.807, 2.05) is 86.6 Å². The van der Waals surface area contributed by atoms with Crippen molar-refractivity contribution in [2.24, 2.45) is 0 Å². The van der Waals surface area contributed by atoms with Crippen LogP contribution >= 0.6 is 0 Å². The highest BCUT2D eigenvalue weighted by molar-refractivity contribution is 6.46. The Hall–Kier alpha value is -3.90. The second kappa shape index (κ2) is 11.5. The van der Waals surface area contributed by atoms with Gasteiger partial charge in [0.05, 0.1) is 11.6 Å². The van der Waals surface area contributed by atoms with Crippen LogP contribution in [0, 0.1) is 6.92 Å². The van der Waals surface area contributed by atoms with Gasteiger partial charge in [-0.2, -0.15) is 0 Å². The second-order valence-electron chi connectivity index (χ2n) is 11.4. The summed E-state index contributed by atoms with van der Waals surface area (Å²) >= 11 is 0. The number of benzene rings is 3. The lowest BCUT2D eigenvalue weighted by Gasteiger charge is -2.27. The van der Waals surface area contributed by atoms with Gasteiger partial charge in [-0.05, 0) is 66.9 Å². The molecule has 39 heavy (non-hydrogen) atoms. The summed E-state index contributed by atoms with van der Waals surface area (Å²) in [6.45, 7) is 9.66. The number of hydrogen-bond donors (Lipinski definition) is 1. The van der Waals surface area contributed by atoms with Gasteiger partial charge >= 0.3 is 0 Å². The number of likely N-dealkylation sites (N-methyl/N-ethyl adjacent to an activating group) is 1. The Kier molecular flexibility index (Phi) is 8.26. The van der Waals surface area contributed by atoms with Gasteiger partial charge in [-0.25, -0.2) is 0 Å². The van der Waals surface area contributed by atoms with Crippen molar-refractivity contribution < 1.29 is 19.4 Å². The summed E-state index contributed by atoms with van der Waals surface area (Å²) in [6, 6.07) is 22.6. The molecule has 1 N–H and O–H groups in total. The van der Waals surface area contributed by atoms with E-state index in [4.69, 9.17) is 4.74 Å². The van der Waals surface area contributed by atoms with Crippen molar-refractivity contribution in [3.8, 4) is 5.75 Å². The van der Waals surface area contributed by atoms with Gasteiger partial charge in [0.25, 0.3) is 11.7 Å². The van der Waals surface area contributed by atoms with Crippen molar-refractivity contribution in [2.45, 2.75) is 45.8 Å². The molecule has 1 aliphatic rings. The average Bonchev–Trinajstić information content (AvgIpc) is 3.15. The molecule has 0 bridgehead atoms. The van der Waals surface area contributed by atoms with Gasteiger partial charge in [-0.3, -0.25) is 9.59 Å². The highest BCUT2D eigenvalue weighted by Gasteiger charge is 2.46. The Morgan fingerprint density at radius 3 is 2.23 bits per heavy atom. The van der Waals surface area contributed by atoms with Gasteiger partial charge in [0.15, 0.2) is 0 Å². The maximum atomic E-state index is 13.4. The summed E-state index contributed by atoms with van der Waals surface area (Å²) < 4.78 is 5.94. The fraction of sp³-hybridized carbons (Fsp3) is 0.333. The summed E-state index contributed by atoms with van der Waals surface area (Å²) in [6.07, 6.45) is 0. The largest absolute Gasteiger partial charge is 0.507 e. The SMILES string of the molecule is Cc1cc(OCc2ccccc2)ccc1/C(O)=C1\C(=O)C(=O)N(CCN(C)C)[C@@H]1c1ccc(C(C)(C)C)cc1. The van der Waals surface area contributed by atoms with Crippen molar-refractivity contribution in [3.05, 3.63) is 106 Å². The first kappa shape index (κ1) is 28.1. The van der Waals surface area contributed by atoms with Gasteiger partial charge in [0.1, 0.15) is 18.1 Å². The molecule has 0 unspecified atom stereocenters. The molecule has 0 aliphatic carbocycles. The van der Waals surface area contributed by atoms with Crippen LogP contribution in [0.15, 0.2) is 78.4 Å². The van der Waals surface area contributed by atoms with Crippen molar-refractivity contribution in [1.82, 2.24) is 9.80 Å². The van der Waals surface area contributed by atoms with Crippen molar-refractivity contribution >= 4 is 17.4 Å². The summed E-state index contributed by atoms with van der Waals surface area (Å²) in [5, 5.41) is 11.5. The van der Waals surface area contributed by atoms with E-state index in [0.29, 0.717) is 31.0 Å². The third-order valence-electron chi connectivity index (χ3n) is 7.12. The lowest BCUT2D eigenvalue weighted by Crippen LogP contribution is -2.35. The molecule has 0 radical (unpaired) electrons. The zero-order valence-corrected chi connectivity index (χ0v) is 23.7. The molecule has 1 saturated heterocycles. The highest BCUT2D eigenvalue weighted by atomic mass is 16.5. The molecular formula is C33H38N2O4. The van der Waals surface area contributed by atoms with Crippen LogP contribution in [-0.4, -0.2) is 53.8 Å². The van der Waals surface area contributed by atoms with E-state index < -0.39 is 17.7 Å². The highest BCUT2D eigenvalue weighted by Crippen LogP contribution is 2.40. The van der Waals surface area contributed by atoms with Crippen molar-refractivity contribution in [2.75, 3.05) is 27.2 Å².